The lowest BCUT2D eigenvalue weighted by molar-refractivity contribution is 0.0720. The van der Waals surface area contributed by atoms with Crippen LogP contribution in [0.3, 0.4) is 0 Å². The van der Waals surface area contributed by atoms with E-state index < -0.39 is 6.10 Å². The average molecular weight is 371 g/mol. The average Bonchev–Trinajstić information content (AvgIpc) is 3.07. The second-order valence-electron chi connectivity index (χ2n) is 7.29. The van der Waals surface area contributed by atoms with Crippen LogP contribution < -0.4 is 9.47 Å². The minimum absolute atomic E-state index is 0.141. The zero-order chi connectivity index (χ0) is 19.1. The summed E-state index contributed by atoms with van der Waals surface area (Å²) in [4.78, 5) is 8.69. The molecule has 1 aromatic heterocycles. The minimum atomic E-state index is -0.517. The molecule has 6 nitrogen and oxygen atoms in total. The summed E-state index contributed by atoms with van der Waals surface area (Å²) in [5.41, 5.74) is 1.00. The lowest BCUT2D eigenvalue weighted by Crippen LogP contribution is -2.35. The lowest BCUT2D eigenvalue weighted by atomic mass is 10.3. The molecule has 0 aliphatic carbocycles. The summed E-state index contributed by atoms with van der Waals surface area (Å²) in [6, 6.07) is 13.5. The number of aromatic nitrogens is 1. The molecular formula is C21H29N3O3. The molecule has 2 unspecified atom stereocenters. The Hall–Kier alpha value is -2.15. The third-order valence-electron chi connectivity index (χ3n) is 4.45. The number of aliphatic hydroxyl groups is 1. The molecule has 146 valence electrons. The Morgan fingerprint density at radius 1 is 1.22 bits per heavy atom. The molecule has 1 N–H and O–H groups in total. The van der Waals surface area contributed by atoms with E-state index in [1.807, 2.05) is 56.6 Å². The van der Waals surface area contributed by atoms with Crippen molar-refractivity contribution >= 4 is 0 Å². The zero-order valence-electron chi connectivity index (χ0n) is 16.1. The third kappa shape index (κ3) is 6.50. The van der Waals surface area contributed by atoms with E-state index in [0.29, 0.717) is 13.2 Å². The van der Waals surface area contributed by atoms with Gasteiger partial charge in [-0.3, -0.25) is 9.88 Å². The number of hydrogen-bond acceptors (Lipinski definition) is 6. The molecule has 1 aliphatic heterocycles. The van der Waals surface area contributed by atoms with Crippen LogP contribution in [-0.2, 0) is 6.54 Å². The summed E-state index contributed by atoms with van der Waals surface area (Å²) in [7, 11) is 4.05. The number of hydrogen-bond donors (Lipinski definition) is 1. The van der Waals surface area contributed by atoms with Gasteiger partial charge in [-0.15, -0.1) is 0 Å². The van der Waals surface area contributed by atoms with E-state index in [1.165, 1.54) is 0 Å². The van der Waals surface area contributed by atoms with Gasteiger partial charge in [0.05, 0.1) is 5.69 Å². The number of β-amino-alcohol motifs (C(OH)–C–C–N with tert-alkyl or cyclic N) is 1. The monoisotopic (exact) mass is 371 g/mol. The fourth-order valence-corrected chi connectivity index (χ4v) is 3.25. The van der Waals surface area contributed by atoms with Crippen molar-refractivity contribution in [3.63, 3.8) is 0 Å². The van der Waals surface area contributed by atoms with Crippen LogP contribution in [0.4, 0.5) is 0 Å². The number of benzene rings is 1. The van der Waals surface area contributed by atoms with Gasteiger partial charge >= 0.3 is 0 Å². The van der Waals surface area contributed by atoms with E-state index in [1.54, 1.807) is 6.20 Å². The van der Waals surface area contributed by atoms with Crippen molar-refractivity contribution in [2.45, 2.75) is 25.2 Å². The fourth-order valence-electron chi connectivity index (χ4n) is 3.25. The maximum absolute atomic E-state index is 10.2. The number of pyridine rings is 1. The molecule has 2 heterocycles. The molecule has 6 heteroatoms. The van der Waals surface area contributed by atoms with E-state index in [9.17, 15) is 5.11 Å². The Morgan fingerprint density at radius 2 is 2.04 bits per heavy atom. The molecule has 1 fully saturated rings. The quantitative estimate of drug-likeness (QED) is 0.728. The highest BCUT2D eigenvalue weighted by Gasteiger charge is 2.25. The molecule has 0 bridgehead atoms. The molecule has 27 heavy (non-hydrogen) atoms. The molecule has 1 aromatic carbocycles. The first-order chi connectivity index (χ1) is 13.1. The number of aliphatic hydroxyl groups excluding tert-OH is 1. The van der Waals surface area contributed by atoms with Gasteiger partial charge < -0.3 is 19.5 Å². The molecule has 2 aromatic rings. The van der Waals surface area contributed by atoms with Gasteiger partial charge in [0, 0.05) is 38.4 Å². The largest absolute Gasteiger partial charge is 0.491 e. The van der Waals surface area contributed by atoms with Crippen molar-refractivity contribution in [1.29, 1.82) is 0 Å². The number of rotatable bonds is 9. The van der Waals surface area contributed by atoms with Crippen molar-refractivity contribution in [3.8, 4) is 11.5 Å². The smallest absolute Gasteiger partial charge is 0.123 e. The minimum Gasteiger partial charge on any atom is -0.491 e. The van der Waals surface area contributed by atoms with Crippen LogP contribution >= 0.6 is 0 Å². The predicted molar refractivity (Wildman–Crippen MR) is 105 cm³/mol. The molecule has 1 saturated heterocycles. The number of para-hydroxylation sites is 1. The van der Waals surface area contributed by atoms with Gasteiger partial charge in [-0.2, -0.15) is 0 Å². The summed E-state index contributed by atoms with van der Waals surface area (Å²) >= 11 is 0. The summed E-state index contributed by atoms with van der Waals surface area (Å²) in [5, 5.41) is 10.2. The van der Waals surface area contributed by atoms with Crippen molar-refractivity contribution in [1.82, 2.24) is 14.8 Å². The van der Waals surface area contributed by atoms with E-state index in [-0.39, 0.29) is 6.10 Å². The molecular weight excluding hydrogens is 342 g/mol. The standard InChI is InChI=1S/C21H29N3O3/c1-23(2)13-17-12-20(8-10-22-17)27-21-9-11-24(15-21)14-18(25)16-26-19-6-4-3-5-7-19/h3-8,10,12,18,21,25H,9,11,13-16H2,1-2H3. The highest BCUT2D eigenvalue weighted by molar-refractivity contribution is 5.23. The molecule has 0 amide bonds. The van der Waals surface area contributed by atoms with E-state index in [4.69, 9.17) is 9.47 Å². The van der Waals surface area contributed by atoms with Crippen molar-refractivity contribution in [3.05, 3.63) is 54.4 Å². The van der Waals surface area contributed by atoms with Crippen LogP contribution in [0.25, 0.3) is 0 Å². The SMILES string of the molecule is CN(C)Cc1cc(OC2CCN(CC(O)COc3ccccc3)C2)ccn1. The number of likely N-dealkylation sites (tertiary alicyclic amines) is 1. The molecule has 0 saturated carbocycles. The molecule has 2 atom stereocenters. The third-order valence-corrected chi connectivity index (χ3v) is 4.45. The van der Waals surface area contributed by atoms with Crippen molar-refractivity contribution in [2.24, 2.45) is 0 Å². The lowest BCUT2D eigenvalue weighted by Gasteiger charge is -2.20. The first-order valence-electron chi connectivity index (χ1n) is 9.43. The van der Waals surface area contributed by atoms with Gasteiger partial charge in [0.2, 0.25) is 0 Å². The maximum atomic E-state index is 10.2. The maximum Gasteiger partial charge on any atom is 0.123 e. The Kier molecular flexibility index (Phi) is 7.04. The van der Waals surface area contributed by atoms with Gasteiger partial charge in [-0.1, -0.05) is 18.2 Å². The highest BCUT2D eigenvalue weighted by atomic mass is 16.5. The van der Waals surface area contributed by atoms with Crippen molar-refractivity contribution in [2.75, 3.05) is 40.3 Å². The fraction of sp³-hybridized carbons (Fsp3) is 0.476. The van der Waals surface area contributed by atoms with E-state index in [2.05, 4.69) is 14.8 Å². The van der Waals surface area contributed by atoms with E-state index in [0.717, 1.165) is 43.2 Å². The first kappa shape index (κ1) is 19.6. The molecule has 0 radical (unpaired) electrons. The predicted octanol–water partition coefficient (Wildman–Crippen LogP) is 2.04. The Labute approximate surface area is 161 Å². The summed E-state index contributed by atoms with van der Waals surface area (Å²) in [6.45, 7) is 3.41. The topological polar surface area (TPSA) is 58.1 Å². The van der Waals surface area contributed by atoms with Crippen LogP contribution in [0, 0.1) is 0 Å². The van der Waals surface area contributed by atoms with Crippen LogP contribution in [0.2, 0.25) is 0 Å². The van der Waals surface area contributed by atoms with Gasteiger partial charge in [0.15, 0.2) is 0 Å². The van der Waals surface area contributed by atoms with Crippen LogP contribution in [0.1, 0.15) is 12.1 Å². The number of nitrogens with zero attached hydrogens (tertiary/aromatic N) is 3. The van der Waals surface area contributed by atoms with Crippen LogP contribution in [0.5, 0.6) is 11.5 Å². The Bertz CT molecular complexity index is 696. The van der Waals surface area contributed by atoms with Crippen LogP contribution in [0.15, 0.2) is 48.7 Å². The number of ether oxygens (including phenoxy) is 2. The summed E-state index contributed by atoms with van der Waals surface area (Å²) < 4.78 is 11.8. The Balaban J connectivity index is 1.42. The normalized spacial score (nSPS) is 18.6. The molecule has 0 spiro atoms. The van der Waals surface area contributed by atoms with E-state index >= 15 is 0 Å². The summed E-state index contributed by atoms with van der Waals surface area (Å²) in [5.74, 6) is 1.65. The second kappa shape index (κ2) is 9.69. The molecule has 3 rings (SSSR count). The first-order valence-corrected chi connectivity index (χ1v) is 9.43. The van der Waals surface area contributed by atoms with Crippen LogP contribution in [-0.4, -0.2) is 72.4 Å². The van der Waals surface area contributed by atoms with Crippen molar-refractivity contribution < 1.29 is 14.6 Å². The van der Waals surface area contributed by atoms with Gasteiger partial charge in [0.1, 0.15) is 30.3 Å². The summed E-state index contributed by atoms with van der Waals surface area (Å²) in [6.07, 6.45) is 2.38. The van der Waals surface area contributed by atoms with Gasteiger partial charge in [-0.05, 0) is 38.7 Å². The van der Waals surface area contributed by atoms with Gasteiger partial charge in [0.25, 0.3) is 0 Å². The zero-order valence-corrected chi connectivity index (χ0v) is 16.1. The highest BCUT2D eigenvalue weighted by Crippen LogP contribution is 2.19. The Morgan fingerprint density at radius 3 is 2.81 bits per heavy atom. The second-order valence-corrected chi connectivity index (χ2v) is 7.29. The molecule has 1 aliphatic rings. The van der Waals surface area contributed by atoms with Gasteiger partial charge in [-0.25, -0.2) is 0 Å².